The molecule has 2 aromatic carbocycles. The highest BCUT2D eigenvalue weighted by Gasteiger charge is 2.09. The predicted octanol–water partition coefficient (Wildman–Crippen LogP) is 3.49. The average molecular weight is 328 g/mol. The van der Waals surface area contributed by atoms with Crippen molar-refractivity contribution in [1.82, 2.24) is 5.32 Å². The number of benzene rings is 2. The summed E-state index contributed by atoms with van der Waals surface area (Å²) in [5.41, 5.74) is 1.49. The maximum absolute atomic E-state index is 11.9. The molecule has 1 atom stereocenters. The van der Waals surface area contributed by atoms with Gasteiger partial charge in [0.25, 0.3) is 11.6 Å². The molecular weight excluding hydrogens is 308 g/mol. The van der Waals surface area contributed by atoms with Crippen LogP contribution < -0.4 is 5.32 Å². The van der Waals surface area contributed by atoms with E-state index in [9.17, 15) is 14.9 Å². The van der Waals surface area contributed by atoms with E-state index >= 15 is 0 Å². The summed E-state index contributed by atoms with van der Waals surface area (Å²) in [6.07, 6.45) is 0.701. The topological polar surface area (TPSA) is 81.5 Å². The third kappa shape index (κ3) is 5.17. The average Bonchev–Trinajstić information content (AvgIpc) is 2.62. The van der Waals surface area contributed by atoms with Crippen molar-refractivity contribution < 1.29 is 14.5 Å². The highest BCUT2D eigenvalue weighted by molar-refractivity contribution is 5.94. The van der Waals surface area contributed by atoms with E-state index in [0.717, 1.165) is 5.56 Å². The summed E-state index contributed by atoms with van der Waals surface area (Å²) in [7, 11) is 0. The fourth-order valence-corrected chi connectivity index (χ4v) is 2.19. The van der Waals surface area contributed by atoms with Gasteiger partial charge in [-0.3, -0.25) is 14.9 Å². The van der Waals surface area contributed by atoms with Gasteiger partial charge >= 0.3 is 0 Å². The molecule has 0 aliphatic rings. The van der Waals surface area contributed by atoms with E-state index in [1.165, 1.54) is 24.3 Å². The lowest BCUT2D eigenvalue weighted by Gasteiger charge is -2.13. The molecule has 0 saturated carbocycles. The number of carbonyl (C=O) groups excluding carboxylic acids is 1. The first-order valence-corrected chi connectivity index (χ1v) is 7.77. The van der Waals surface area contributed by atoms with Gasteiger partial charge in [-0.2, -0.15) is 0 Å². The number of hydrogen-bond acceptors (Lipinski definition) is 4. The first-order valence-electron chi connectivity index (χ1n) is 7.77. The molecule has 1 N–H and O–H groups in total. The molecule has 0 heterocycles. The van der Waals surface area contributed by atoms with Crippen LogP contribution in [0.4, 0.5) is 5.69 Å². The predicted molar refractivity (Wildman–Crippen MR) is 90.9 cm³/mol. The van der Waals surface area contributed by atoms with Gasteiger partial charge in [-0.05, 0) is 31.0 Å². The van der Waals surface area contributed by atoms with E-state index in [-0.39, 0.29) is 17.7 Å². The molecule has 0 aliphatic carbocycles. The molecule has 0 saturated heterocycles. The first-order chi connectivity index (χ1) is 11.6. The lowest BCUT2D eigenvalue weighted by molar-refractivity contribution is -0.384. The largest absolute Gasteiger partial charge is 0.374 e. The smallest absolute Gasteiger partial charge is 0.269 e. The minimum Gasteiger partial charge on any atom is -0.374 e. The molecular formula is C18H20N2O4. The Balaban J connectivity index is 1.68. The van der Waals surface area contributed by atoms with Crippen LogP contribution in [0.15, 0.2) is 54.6 Å². The normalized spacial score (nSPS) is 11.7. The molecule has 0 aliphatic heterocycles. The molecule has 6 heteroatoms. The number of nitro benzene ring substituents is 1. The summed E-state index contributed by atoms with van der Waals surface area (Å²) in [6.45, 7) is 3.01. The maximum atomic E-state index is 11.9. The van der Waals surface area contributed by atoms with Gasteiger partial charge in [0, 0.05) is 30.8 Å². The number of nitrogens with zero attached hydrogens (tertiary/aromatic N) is 1. The minimum atomic E-state index is -0.493. The molecule has 24 heavy (non-hydrogen) atoms. The summed E-state index contributed by atoms with van der Waals surface area (Å²) in [6, 6.07) is 15.5. The maximum Gasteiger partial charge on any atom is 0.269 e. The quantitative estimate of drug-likeness (QED) is 0.457. The summed E-state index contributed by atoms with van der Waals surface area (Å²) < 4.78 is 5.73. The third-order valence-electron chi connectivity index (χ3n) is 3.58. The Morgan fingerprint density at radius 1 is 1.17 bits per heavy atom. The molecule has 1 unspecified atom stereocenters. The van der Waals surface area contributed by atoms with Crippen LogP contribution >= 0.6 is 0 Å². The number of amides is 1. The lowest BCUT2D eigenvalue weighted by Crippen LogP contribution is -2.25. The molecule has 1 amide bonds. The van der Waals surface area contributed by atoms with Gasteiger partial charge in [0.1, 0.15) is 0 Å². The Morgan fingerprint density at radius 3 is 2.46 bits per heavy atom. The van der Waals surface area contributed by atoms with Crippen molar-refractivity contribution in [3.63, 3.8) is 0 Å². The third-order valence-corrected chi connectivity index (χ3v) is 3.58. The van der Waals surface area contributed by atoms with Crippen molar-refractivity contribution in [2.24, 2.45) is 0 Å². The van der Waals surface area contributed by atoms with Crippen LogP contribution in [0.25, 0.3) is 0 Å². The number of ether oxygens (including phenoxy) is 1. The minimum absolute atomic E-state index is 0.0107. The first kappa shape index (κ1) is 17.6. The van der Waals surface area contributed by atoms with Gasteiger partial charge in [-0.15, -0.1) is 0 Å². The number of nitrogens with one attached hydrogen (secondary N) is 1. The van der Waals surface area contributed by atoms with Crippen molar-refractivity contribution in [1.29, 1.82) is 0 Å². The van der Waals surface area contributed by atoms with E-state index in [1.54, 1.807) is 0 Å². The van der Waals surface area contributed by atoms with Gasteiger partial charge in [0.2, 0.25) is 0 Å². The van der Waals surface area contributed by atoms with Crippen molar-refractivity contribution in [2.75, 3.05) is 13.2 Å². The summed E-state index contributed by atoms with van der Waals surface area (Å²) >= 11 is 0. The van der Waals surface area contributed by atoms with Crippen molar-refractivity contribution >= 4 is 11.6 Å². The highest BCUT2D eigenvalue weighted by Crippen LogP contribution is 2.15. The zero-order valence-electron chi connectivity index (χ0n) is 13.5. The Morgan fingerprint density at radius 2 is 1.83 bits per heavy atom. The Bertz CT molecular complexity index is 671. The van der Waals surface area contributed by atoms with E-state index < -0.39 is 4.92 Å². The molecule has 2 rings (SSSR count). The van der Waals surface area contributed by atoms with Gasteiger partial charge in [-0.25, -0.2) is 0 Å². The second-order valence-electron chi connectivity index (χ2n) is 5.34. The van der Waals surface area contributed by atoms with Crippen LogP contribution in [0.2, 0.25) is 0 Å². The number of rotatable bonds is 8. The van der Waals surface area contributed by atoms with Crippen molar-refractivity contribution in [3.8, 4) is 0 Å². The van der Waals surface area contributed by atoms with Crippen LogP contribution in [0.3, 0.4) is 0 Å². The van der Waals surface area contributed by atoms with Gasteiger partial charge < -0.3 is 10.1 Å². The van der Waals surface area contributed by atoms with E-state index in [1.807, 2.05) is 37.3 Å². The molecule has 0 spiro atoms. The van der Waals surface area contributed by atoms with Crippen LogP contribution in [-0.2, 0) is 4.74 Å². The van der Waals surface area contributed by atoms with Crippen LogP contribution in [-0.4, -0.2) is 24.0 Å². The van der Waals surface area contributed by atoms with Gasteiger partial charge in [0.15, 0.2) is 0 Å². The zero-order chi connectivity index (χ0) is 17.4. The lowest BCUT2D eigenvalue weighted by atomic mass is 10.1. The number of hydrogen-bond donors (Lipinski definition) is 1. The second kappa shape index (κ2) is 8.79. The molecule has 2 aromatic rings. The standard InChI is InChI=1S/C18H20N2O4/c1-14(15-6-3-2-4-7-15)24-13-5-12-19-18(21)16-8-10-17(11-9-16)20(22)23/h2-4,6-11,14H,5,12-13H2,1H3,(H,19,21). The van der Waals surface area contributed by atoms with Gasteiger partial charge in [0.05, 0.1) is 11.0 Å². The monoisotopic (exact) mass is 328 g/mol. The molecule has 6 nitrogen and oxygen atoms in total. The SMILES string of the molecule is CC(OCCCNC(=O)c1ccc([N+](=O)[O-])cc1)c1ccccc1. The number of nitro groups is 1. The fraction of sp³-hybridized carbons (Fsp3) is 0.278. The van der Waals surface area contributed by atoms with E-state index in [0.29, 0.717) is 25.1 Å². The Hall–Kier alpha value is -2.73. The number of carbonyl (C=O) groups is 1. The van der Waals surface area contributed by atoms with Crippen molar-refractivity contribution in [2.45, 2.75) is 19.4 Å². The molecule has 0 radical (unpaired) electrons. The summed E-state index contributed by atoms with van der Waals surface area (Å²) in [5.74, 6) is -0.249. The zero-order valence-corrected chi connectivity index (χ0v) is 13.5. The molecule has 0 aromatic heterocycles. The van der Waals surface area contributed by atoms with Crippen LogP contribution in [0.5, 0.6) is 0 Å². The molecule has 0 fully saturated rings. The number of non-ortho nitro benzene ring substituents is 1. The summed E-state index contributed by atoms with van der Waals surface area (Å²) in [4.78, 5) is 22.0. The second-order valence-corrected chi connectivity index (χ2v) is 5.34. The van der Waals surface area contributed by atoms with E-state index in [2.05, 4.69) is 5.32 Å². The van der Waals surface area contributed by atoms with Gasteiger partial charge in [-0.1, -0.05) is 30.3 Å². The highest BCUT2D eigenvalue weighted by atomic mass is 16.6. The molecule has 0 bridgehead atoms. The van der Waals surface area contributed by atoms with Crippen LogP contribution in [0.1, 0.15) is 35.4 Å². The summed E-state index contributed by atoms with van der Waals surface area (Å²) in [5, 5.41) is 13.3. The Kier molecular flexibility index (Phi) is 6.45. The van der Waals surface area contributed by atoms with Crippen LogP contribution in [0, 0.1) is 10.1 Å². The fourth-order valence-electron chi connectivity index (χ4n) is 2.19. The van der Waals surface area contributed by atoms with Crippen molar-refractivity contribution in [3.05, 3.63) is 75.8 Å². The Labute approximate surface area is 140 Å². The molecule has 126 valence electrons. The van der Waals surface area contributed by atoms with E-state index in [4.69, 9.17) is 4.74 Å².